The van der Waals surface area contributed by atoms with Crippen LogP contribution in [-0.2, 0) is 4.74 Å². The van der Waals surface area contributed by atoms with Crippen molar-refractivity contribution in [3.8, 4) is 6.07 Å². The molecule has 13 heavy (non-hydrogen) atoms. The number of ether oxygens (including phenoxy) is 1. The van der Waals surface area contributed by atoms with Gasteiger partial charge in [0.25, 0.3) is 0 Å². The lowest BCUT2D eigenvalue weighted by molar-refractivity contribution is 0.218. The molecule has 1 heterocycles. The third-order valence-electron chi connectivity index (χ3n) is 1.42. The first-order valence-corrected chi connectivity index (χ1v) is 4.84. The molecule has 1 rings (SSSR count). The molecule has 0 radical (unpaired) electrons. The number of hydrogen-bond donors (Lipinski definition) is 0. The molecule has 0 saturated carbocycles. The Hall–Kier alpha value is -1.05. The Kier molecular flexibility index (Phi) is 4.30. The lowest BCUT2D eigenvalue weighted by Crippen LogP contribution is -1.93. The first-order chi connectivity index (χ1) is 6.38. The van der Waals surface area contributed by atoms with E-state index in [9.17, 15) is 0 Å². The summed E-state index contributed by atoms with van der Waals surface area (Å²) in [6.45, 7) is 0.673. The van der Waals surface area contributed by atoms with E-state index >= 15 is 0 Å². The lowest BCUT2D eigenvalue weighted by atomic mass is 10.3. The normalized spacial score (nSPS) is 9.54. The molecule has 0 fully saturated rings. The van der Waals surface area contributed by atoms with Gasteiger partial charge < -0.3 is 4.74 Å². The van der Waals surface area contributed by atoms with Crippen molar-refractivity contribution in [1.29, 1.82) is 5.26 Å². The molecule has 0 saturated heterocycles. The standard InChI is InChI=1S/C9H10N2OS/c1-12-5-6-13-9-8(7-10)3-2-4-11-9/h2-4H,5-6H2,1H3. The molecule has 0 aliphatic heterocycles. The Morgan fingerprint density at radius 2 is 2.54 bits per heavy atom. The summed E-state index contributed by atoms with van der Waals surface area (Å²) < 4.78 is 4.91. The van der Waals surface area contributed by atoms with Gasteiger partial charge in [-0.25, -0.2) is 4.98 Å². The maximum atomic E-state index is 8.74. The van der Waals surface area contributed by atoms with Gasteiger partial charge in [-0.3, -0.25) is 0 Å². The SMILES string of the molecule is COCCSc1ncccc1C#N. The smallest absolute Gasteiger partial charge is 0.114 e. The molecule has 0 N–H and O–H groups in total. The van der Waals surface area contributed by atoms with Crippen LogP contribution in [0.25, 0.3) is 0 Å². The summed E-state index contributed by atoms with van der Waals surface area (Å²) >= 11 is 1.54. The van der Waals surface area contributed by atoms with E-state index in [0.717, 1.165) is 10.8 Å². The van der Waals surface area contributed by atoms with Crippen molar-refractivity contribution >= 4 is 11.8 Å². The third-order valence-corrected chi connectivity index (χ3v) is 2.39. The average Bonchev–Trinajstić information content (AvgIpc) is 2.19. The summed E-state index contributed by atoms with van der Waals surface area (Å²) in [4.78, 5) is 4.11. The maximum Gasteiger partial charge on any atom is 0.114 e. The van der Waals surface area contributed by atoms with E-state index in [1.54, 1.807) is 25.4 Å². The van der Waals surface area contributed by atoms with Gasteiger partial charge in [-0.2, -0.15) is 5.26 Å². The third kappa shape index (κ3) is 3.05. The Labute approximate surface area is 81.7 Å². The van der Waals surface area contributed by atoms with Gasteiger partial charge in [0.1, 0.15) is 11.1 Å². The van der Waals surface area contributed by atoms with E-state index in [1.165, 1.54) is 11.8 Å². The molecule has 1 aromatic rings. The average molecular weight is 194 g/mol. The van der Waals surface area contributed by atoms with Gasteiger partial charge in [0, 0.05) is 19.1 Å². The first-order valence-electron chi connectivity index (χ1n) is 3.85. The lowest BCUT2D eigenvalue weighted by Gasteiger charge is -2.00. The topological polar surface area (TPSA) is 45.9 Å². The van der Waals surface area contributed by atoms with Gasteiger partial charge in [0.15, 0.2) is 0 Å². The highest BCUT2D eigenvalue weighted by atomic mass is 32.2. The van der Waals surface area contributed by atoms with Crippen LogP contribution in [0.3, 0.4) is 0 Å². The highest BCUT2D eigenvalue weighted by Crippen LogP contribution is 2.18. The van der Waals surface area contributed by atoms with Gasteiger partial charge in [0.05, 0.1) is 12.2 Å². The minimum absolute atomic E-state index is 0.628. The van der Waals surface area contributed by atoms with Gasteiger partial charge in [-0.05, 0) is 12.1 Å². The predicted molar refractivity (Wildman–Crippen MR) is 51.6 cm³/mol. The van der Waals surface area contributed by atoms with Crippen LogP contribution in [0, 0.1) is 11.3 Å². The van der Waals surface area contributed by atoms with Crippen LogP contribution in [0.15, 0.2) is 23.4 Å². The van der Waals surface area contributed by atoms with Gasteiger partial charge in [-0.1, -0.05) is 0 Å². The molecule has 0 aromatic carbocycles. The fourth-order valence-electron chi connectivity index (χ4n) is 0.813. The Morgan fingerprint density at radius 1 is 1.69 bits per heavy atom. The molecule has 0 amide bonds. The second-order valence-electron chi connectivity index (χ2n) is 2.31. The summed E-state index contributed by atoms with van der Waals surface area (Å²) in [6.07, 6.45) is 1.69. The number of nitrogens with zero attached hydrogens (tertiary/aromatic N) is 2. The second kappa shape index (κ2) is 5.57. The molecule has 3 nitrogen and oxygen atoms in total. The van der Waals surface area contributed by atoms with Crippen LogP contribution >= 0.6 is 11.8 Å². The minimum atomic E-state index is 0.628. The van der Waals surface area contributed by atoms with E-state index in [2.05, 4.69) is 11.1 Å². The van der Waals surface area contributed by atoms with Crippen LogP contribution in [0.4, 0.5) is 0 Å². The Bertz CT molecular complexity index is 309. The molecule has 0 atom stereocenters. The zero-order valence-electron chi connectivity index (χ0n) is 7.36. The molecular weight excluding hydrogens is 184 g/mol. The van der Waals surface area contributed by atoms with E-state index in [4.69, 9.17) is 10.00 Å². The largest absolute Gasteiger partial charge is 0.384 e. The van der Waals surface area contributed by atoms with Crippen LogP contribution < -0.4 is 0 Å². The quantitative estimate of drug-likeness (QED) is 0.540. The van der Waals surface area contributed by atoms with Crippen molar-refractivity contribution in [2.24, 2.45) is 0 Å². The summed E-state index contributed by atoms with van der Waals surface area (Å²) in [5.74, 6) is 0.822. The molecule has 1 aromatic heterocycles. The molecular formula is C9H10N2OS. The second-order valence-corrected chi connectivity index (χ2v) is 3.39. The number of methoxy groups -OCH3 is 1. The number of thioether (sulfide) groups is 1. The number of rotatable bonds is 4. The minimum Gasteiger partial charge on any atom is -0.384 e. The van der Waals surface area contributed by atoms with Crippen molar-refractivity contribution in [3.05, 3.63) is 23.9 Å². The molecule has 0 bridgehead atoms. The van der Waals surface area contributed by atoms with Crippen LogP contribution in [0.2, 0.25) is 0 Å². The van der Waals surface area contributed by atoms with Crippen molar-refractivity contribution in [2.75, 3.05) is 19.5 Å². The Morgan fingerprint density at radius 3 is 3.23 bits per heavy atom. The molecule has 4 heteroatoms. The fourth-order valence-corrected chi connectivity index (χ4v) is 1.66. The molecule has 0 spiro atoms. The summed E-state index contributed by atoms with van der Waals surface area (Å²) in [5, 5.41) is 9.52. The zero-order valence-corrected chi connectivity index (χ0v) is 8.17. The highest BCUT2D eigenvalue weighted by molar-refractivity contribution is 7.99. The fraction of sp³-hybridized carbons (Fsp3) is 0.333. The van der Waals surface area contributed by atoms with Gasteiger partial charge in [0.2, 0.25) is 0 Å². The van der Waals surface area contributed by atoms with E-state index < -0.39 is 0 Å². The monoisotopic (exact) mass is 194 g/mol. The Balaban J connectivity index is 2.60. The van der Waals surface area contributed by atoms with Crippen molar-refractivity contribution < 1.29 is 4.74 Å². The molecule has 0 unspecified atom stereocenters. The number of aromatic nitrogens is 1. The van der Waals surface area contributed by atoms with E-state index in [0.29, 0.717) is 12.2 Å². The molecule has 0 aliphatic carbocycles. The molecule has 68 valence electrons. The summed E-state index contributed by atoms with van der Waals surface area (Å²) in [6, 6.07) is 5.63. The van der Waals surface area contributed by atoms with Crippen LogP contribution in [-0.4, -0.2) is 24.5 Å². The summed E-state index contributed by atoms with van der Waals surface area (Å²) in [7, 11) is 1.66. The van der Waals surface area contributed by atoms with Crippen molar-refractivity contribution in [1.82, 2.24) is 4.98 Å². The highest BCUT2D eigenvalue weighted by Gasteiger charge is 2.01. The first kappa shape index (κ1) is 10.0. The van der Waals surface area contributed by atoms with E-state index in [-0.39, 0.29) is 0 Å². The van der Waals surface area contributed by atoms with Crippen molar-refractivity contribution in [2.45, 2.75) is 5.03 Å². The van der Waals surface area contributed by atoms with E-state index in [1.807, 2.05) is 0 Å². The predicted octanol–water partition coefficient (Wildman–Crippen LogP) is 1.69. The number of pyridine rings is 1. The summed E-state index contributed by atoms with van der Waals surface area (Å²) in [5.41, 5.74) is 0.628. The number of hydrogen-bond acceptors (Lipinski definition) is 4. The van der Waals surface area contributed by atoms with Gasteiger partial charge in [-0.15, -0.1) is 11.8 Å². The zero-order chi connectivity index (χ0) is 9.52. The molecule has 0 aliphatic rings. The number of nitriles is 1. The van der Waals surface area contributed by atoms with Crippen LogP contribution in [0.5, 0.6) is 0 Å². The van der Waals surface area contributed by atoms with Gasteiger partial charge >= 0.3 is 0 Å². The maximum absolute atomic E-state index is 8.74. The van der Waals surface area contributed by atoms with Crippen molar-refractivity contribution in [3.63, 3.8) is 0 Å². The van der Waals surface area contributed by atoms with Crippen LogP contribution in [0.1, 0.15) is 5.56 Å².